The second-order valence-electron chi connectivity index (χ2n) is 4.36. The molecule has 94 valence electrons. The van der Waals surface area contributed by atoms with Gasteiger partial charge in [0, 0.05) is 12.0 Å². The zero-order valence-corrected chi connectivity index (χ0v) is 10.6. The first kappa shape index (κ1) is 12.0. The van der Waals surface area contributed by atoms with Crippen molar-refractivity contribution >= 4 is 34.7 Å². The second-order valence-corrected chi connectivity index (χ2v) is 5.17. The lowest BCUT2D eigenvalue weighted by Crippen LogP contribution is -2.28. The number of ketones is 1. The van der Waals surface area contributed by atoms with Crippen LogP contribution in [0.1, 0.15) is 12.0 Å². The van der Waals surface area contributed by atoms with Gasteiger partial charge in [-0.15, -0.1) is 0 Å². The molecule has 0 amide bonds. The van der Waals surface area contributed by atoms with Gasteiger partial charge >= 0.3 is 0 Å². The molecule has 18 heavy (non-hydrogen) atoms. The van der Waals surface area contributed by atoms with Gasteiger partial charge < -0.3 is 9.94 Å². The normalized spacial score (nSPS) is 30.1. The number of halogens is 2. The number of carbonyl (C=O) groups excluding carboxylic acids is 1. The number of Topliss-reactive ketones (excluding diaryl/α,β-unsaturated/α-hetero) is 1. The number of hydrogen-bond donors (Lipinski definition) is 1. The summed E-state index contributed by atoms with van der Waals surface area (Å²) in [5.41, 5.74) is 0.924. The lowest BCUT2D eigenvalue weighted by molar-refractivity contribution is -0.119. The van der Waals surface area contributed by atoms with E-state index >= 15 is 0 Å². The van der Waals surface area contributed by atoms with E-state index in [-0.39, 0.29) is 12.2 Å². The topological polar surface area (TPSA) is 58.9 Å². The zero-order valence-electron chi connectivity index (χ0n) is 9.14. The lowest BCUT2D eigenvalue weighted by Gasteiger charge is -2.11. The van der Waals surface area contributed by atoms with Crippen LogP contribution < -0.4 is 0 Å². The number of benzene rings is 1. The van der Waals surface area contributed by atoms with Crippen molar-refractivity contribution in [1.29, 1.82) is 0 Å². The highest BCUT2D eigenvalue weighted by molar-refractivity contribution is 6.41. The van der Waals surface area contributed by atoms with Gasteiger partial charge in [-0.3, -0.25) is 4.79 Å². The number of aliphatic hydroxyl groups excluding tert-OH is 1. The summed E-state index contributed by atoms with van der Waals surface area (Å²) in [6, 6.07) is 5.07. The van der Waals surface area contributed by atoms with Gasteiger partial charge in [-0.1, -0.05) is 34.4 Å². The van der Waals surface area contributed by atoms with E-state index in [1.165, 1.54) is 0 Å². The Morgan fingerprint density at radius 1 is 1.33 bits per heavy atom. The fourth-order valence-corrected chi connectivity index (χ4v) is 3.00. The molecule has 1 fully saturated rings. The van der Waals surface area contributed by atoms with Gasteiger partial charge in [0.05, 0.1) is 10.0 Å². The maximum atomic E-state index is 11.9. The van der Waals surface area contributed by atoms with Crippen LogP contribution in [0.25, 0.3) is 0 Å². The van der Waals surface area contributed by atoms with E-state index < -0.39 is 18.1 Å². The highest BCUT2D eigenvalue weighted by Gasteiger charge is 2.51. The summed E-state index contributed by atoms with van der Waals surface area (Å²) in [7, 11) is 0. The van der Waals surface area contributed by atoms with E-state index in [4.69, 9.17) is 28.0 Å². The number of fused-ring (bicyclic) bond motifs is 1. The number of rotatable bonds is 1. The van der Waals surface area contributed by atoms with Crippen molar-refractivity contribution in [2.45, 2.75) is 18.6 Å². The largest absolute Gasteiger partial charge is 0.389 e. The molecule has 1 aliphatic carbocycles. The predicted molar refractivity (Wildman–Crippen MR) is 67.0 cm³/mol. The summed E-state index contributed by atoms with van der Waals surface area (Å²) < 4.78 is 0. The smallest absolute Gasteiger partial charge is 0.169 e. The van der Waals surface area contributed by atoms with Crippen LogP contribution in [0.15, 0.2) is 23.4 Å². The summed E-state index contributed by atoms with van der Waals surface area (Å²) in [5, 5.41) is 14.4. The molecule has 1 aromatic carbocycles. The predicted octanol–water partition coefficient (Wildman–Crippen LogP) is 2.05. The standard InChI is InChI=1S/C12H9Cl2NO3/c13-5-2-1-3-6(14)9(5)11-10-7(16)4-8(17)12(10)18-15-11/h1-3,8,10,12,17H,4H2/t8-,10-,12-/m0/s1. The minimum Gasteiger partial charge on any atom is -0.389 e. The van der Waals surface area contributed by atoms with E-state index in [0.717, 1.165) is 0 Å². The molecule has 4 nitrogen and oxygen atoms in total. The van der Waals surface area contributed by atoms with Gasteiger partial charge in [0.2, 0.25) is 0 Å². The molecule has 0 aromatic heterocycles. The van der Waals surface area contributed by atoms with Crippen LogP contribution in [0, 0.1) is 5.92 Å². The van der Waals surface area contributed by atoms with Crippen molar-refractivity contribution in [3.8, 4) is 0 Å². The molecular weight excluding hydrogens is 277 g/mol. The van der Waals surface area contributed by atoms with E-state index in [0.29, 0.717) is 21.3 Å². The van der Waals surface area contributed by atoms with E-state index in [1.54, 1.807) is 18.2 Å². The van der Waals surface area contributed by atoms with Crippen molar-refractivity contribution in [2.24, 2.45) is 11.1 Å². The van der Waals surface area contributed by atoms with Gasteiger partial charge in [-0.05, 0) is 12.1 Å². The third-order valence-corrected chi connectivity index (χ3v) is 3.88. The quantitative estimate of drug-likeness (QED) is 0.859. The molecule has 2 aliphatic rings. The van der Waals surface area contributed by atoms with E-state index in [1.807, 2.05) is 0 Å². The van der Waals surface area contributed by atoms with Crippen molar-refractivity contribution in [3.05, 3.63) is 33.8 Å². The van der Waals surface area contributed by atoms with Crippen LogP contribution in [-0.4, -0.2) is 28.8 Å². The molecule has 3 atom stereocenters. The van der Waals surface area contributed by atoms with Gasteiger partial charge in [0.15, 0.2) is 6.10 Å². The third-order valence-electron chi connectivity index (χ3n) is 3.25. The molecule has 1 heterocycles. The monoisotopic (exact) mass is 285 g/mol. The first-order valence-corrected chi connectivity index (χ1v) is 6.24. The summed E-state index contributed by atoms with van der Waals surface area (Å²) in [5.74, 6) is -0.669. The maximum absolute atomic E-state index is 11.9. The van der Waals surface area contributed by atoms with Gasteiger partial charge in [-0.25, -0.2) is 0 Å². The summed E-state index contributed by atoms with van der Waals surface area (Å²) >= 11 is 12.2. The first-order chi connectivity index (χ1) is 8.59. The third kappa shape index (κ3) is 1.64. The Morgan fingerprint density at radius 2 is 2.00 bits per heavy atom. The van der Waals surface area contributed by atoms with Gasteiger partial charge in [0.1, 0.15) is 23.5 Å². The second kappa shape index (κ2) is 4.23. The molecule has 0 spiro atoms. The van der Waals surface area contributed by atoms with E-state index in [9.17, 15) is 9.90 Å². The first-order valence-electron chi connectivity index (χ1n) is 5.48. The van der Waals surface area contributed by atoms with Crippen LogP contribution in [0.4, 0.5) is 0 Å². The highest BCUT2D eigenvalue weighted by Crippen LogP contribution is 2.37. The van der Waals surface area contributed by atoms with Crippen LogP contribution in [0.2, 0.25) is 10.0 Å². The highest BCUT2D eigenvalue weighted by atomic mass is 35.5. The van der Waals surface area contributed by atoms with Crippen LogP contribution in [-0.2, 0) is 9.63 Å². The van der Waals surface area contributed by atoms with Crippen LogP contribution >= 0.6 is 23.2 Å². The number of oxime groups is 1. The molecule has 6 heteroatoms. The SMILES string of the molecule is O=C1C[C@H](O)[C@@H]2ON=C(c3c(Cl)cccc3Cl)[C@H]12. The molecule has 1 saturated carbocycles. The van der Waals surface area contributed by atoms with E-state index in [2.05, 4.69) is 5.16 Å². The molecule has 1 aromatic rings. The zero-order chi connectivity index (χ0) is 12.9. The molecule has 0 radical (unpaired) electrons. The number of aliphatic hydroxyl groups is 1. The Bertz CT molecular complexity index is 538. The molecule has 0 saturated heterocycles. The Balaban J connectivity index is 2.06. The molecule has 1 N–H and O–H groups in total. The average Bonchev–Trinajstić information content (AvgIpc) is 2.83. The molecular formula is C12H9Cl2NO3. The van der Waals surface area contributed by atoms with Crippen molar-refractivity contribution in [1.82, 2.24) is 0 Å². The minimum atomic E-state index is -0.815. The van der Waals surface area contributed by atoms with Crippen LogP contribution in [0.3, 0.4) is 0 Å². The minimum absolute atomic E-state index is 0.0798. The van der Waals surface area contributed by atoms with Gasteiger partial charge in [-0.2, -0.15) is 0 Å². The molecule has 1 aliphatic heterocycles. The fourth-order valence-electron chi connectivity index (χ4n) is 2.41. The average molecular weight is 286 g/mol. The number of carbonyl (C=O) groups is 1. The lowest BCUT2D eigenvalue weighted by atomic mass is 9.93. The van der Waals surface area contributed by atoms with Crippen molar-refractivity contribution in [3.63, 3.8) is 0 Å². The Labute approximate surface area is 113 Å². The molecule has 3 rings (SSSR count). The Kier molecular flexibility index (Phi) is 2.81. The summed E-state index contributed by atoms with van der Waals surface area (Å²) in [6.45, 7) is 0. The van der Waals surface area contributed by atoms with Crippen LogP contribution in [0.5, 0.6) is 0 Å². The van der Waals surface area contributed by atoms with Crippen molar-refractivity contribution in [2.75, 3.05) is 0 Å². The van der Waals surface area contributed by atoms with Crippen molar-refractivity contribution < 1.29 is 14.7 Å². The summed E-state index contributed by atoms with van der Waals surface area (Å²) in [6.07, 6.45) is -1.35. The van der Waals surface area contributed by atoms with Gasteiger partial charge in [0.25, 0.3) is 0 Å². The number of nitrogens with zero attached hydrogens (tertiary/aromatic N) is 1. The molecule has 0 bridgehead atoms. The Morgan fingerprint density at radius 3 is 2.67 bits per heavy atom. The summed E-state index contributed by atoms with van der Waals surface area (Å²) in [4.78, 5) is 17.0. The number of hydrogen-bond acceptors (Lipinski definition) is 4. The fraction of sp³-hybridized carbons (Fsp3) is 0.333. The Hall–Kier alpha value is -1.10. The molecule has 0 unspecified atom stereocenters. The maximum Gasteiger partial charge on any atom is 0.169 e.